The van der Waals surface area contributed by atoms with Gasteiger partial charge in [0.25, 0.3) is 0 Å². The van der Waals surface area contributed by atoms with E-state index in [1.54, 1.807) is 0 Å². The molecule has 1 aromatic carbocycles. The smallest absolute Gasteiger partial charge is 0.226 e. The number of aliphatic hydroxyl groups is 1. The average Bonchev–Trinajstić information content (AvgIpc) is 3.25. The summed E-state index contributed by atoms with van der Waals surface area (Å²) in [5.74, 6) is 1.42. The largest absolute Gasteiger partial charge is 0.491 e. The van der Waals surface area contributed by atoms with Crippen molar-refractivity contribution >= 4 is 5.91 Å². The minimum absolute atomic E-state index is 0.0151. The van der Waals surface area contributed by atoms with Crippen molar-refractivity contribution in [1.82, 2.24) is 9.80 Å². The first-order chi connectivity index (χ1) is 12.5. The zero-order valence-corrected chi connectivity index (χ0v) is 15.6. The highest BCUT2D eigenvalue weighted by Crippen LogP contribution is 2.49. The number of amides is 1. The second-order valence-electron chi connectivity index (χ2n) is 7.89. The quantitative estimate of drug-likeness (QED) is 0.835. The first kappa shape index (κ1) is 17.8. The van der Waals surface area contributed by atoms with Crippen LogP contribution in [0.2, 0.25) is 0 Å². The number of nitrogens with zero attached hydrogens (tertiary/aromatic N) is 2. The first-order valence-electron chi connectivity index (χ1n) is 9.58. The Morgan fingerprint density at radius 1 is 1.35 bits per heavy atom. The van der Waals surface area contributed by atoms with Crippen molar-refractivity contribution in [3.63, 3.8) is 0 Å². The van der Waals surface area contributed by atoms with E-state index >= 15 is 0 Å². The molecule has 1 spiro atoms. The van der Waals surface area contributed by atoms with E-state index in [0.29, 0.717) is 25.6 Å². The van der Waals surface area contributed by atoms with E-state index in [1.165, 1.54) is 5.56 Å². The van der Waals surface area contributed by atoms with Crippen LogP contribution in [0.5, 0.6) is 5.75 Å². The normalized spacial score (nSPS) is 30.9. The Morgan fingerprint density at radius 3 is 2.81 bits per heavy atom. The molecule has 0 bridgehead atoms. The van der Waals surface area contributed by atoms with Crippen molar-refractivity contribution in [3.05, 3.63) is 29.8 Å². The minimum Gasteiger partial charge on any atom is -0.491 e. The standard InChI is InChI=1S/C20H28N2O4/c1-14(2)17-13-26-20-7-8-21(18(20)11-19(24)22(17)20)12-15-3-5-16(6-4-15)25-10-9-23/h3-6,14,17-18,23H,7-13H2,1-2H3/t17-,18+,20-/m0/s1. The van der Waals surface area contributed by atoms with Crippen LogP contribution in [0, 0.1) is 5.92 Å². The Hall–Kier alpha value is -1.63. The zero-order valence-electron chi connectivity index (χ0n) is 15.6. The predicted molar refractivity (Wildman–Crippen MR) is 96.6 cm³/mol. The second-order valence-corrected chi connectivity index (χ2v) is 7.89. The highest BCUT2D eigenvalue weighted by atomic mass is 16.5. The van der Waals surface area contributed by atoms with Gasteiger partial charge in [-0.05, 0) is 23.6 Å². The summed E-state index contributed by atoms with van der Waals surface area (Å²) in [6.07, 6.45) is 1.45. The van der Waals surface area contributed by atoms with Gasteiger partial charge >= 0.3 is 0 Å². The molecule has 1 N–H and O–H groups in total. The van der Waals surface area contributed by atoms with Crippen LogP contribution < -0.4 is 4.74 Å². The summed E-state index contributed by atoms with van der Waals surface area (Å²) in [5.41, 5.74) is 0.790. The number of ether oxygens (including phenoxy) is 2. The fourth-order valence-corrected chi connectivity index (χ4v) is 4.73. The van der Waals surface area contributed by atoms with E-state index in [9.17, 15) is 4.79 Å². The molecule has 142 valence electrons. The van der Waals surface area contributed by atoms with Gasteiger partial charge < -0.3 is 19.5 Å². The summed E-state index contributed by atoms with van der Waals surface area (Å²) in [5, 5.41) is 8.83. The molecule has 26 heavy (non-hydrogen) atoms. The second kappa shape index (κ2) is 6.83. The van der Waals surface area contributed by atoms with Crippen molar-refractivity contribution in [1.29, 1.82) is 0 Å². The molecule has 3 heterocycles. The van der Waals surface area contributed by atoms with Gasteiger partial charge in [-0.1, -0.05) is 26.0 Å². The topological polar surface area (TPSA) is 62.2 Å². The molecule has 3 aliphatic heterocycles. The van der Waals surface area contributed by atoms with Gasteiger partial charge in [0, 0.05) is 25.9 Å². The molecule has 0 aromatic heterocycles. The van der Waals surface area contributed by atoms with Crippen molar-refractivity contribution < 1.29 is 19.4 Å². The highest BCUT2D eigenvalue weighted by molar-refractivity contribution is 5.82. The maximum Gasteiger partial charge on any atom is 0.226 e. The lowest BCUT2D eigenvalue weighted by molar-refractivity contribution is -0.139. The van der Waals surface area contributed by atoms with Crippen LogP contribution in [0.4, 0.5) is 0 Å². The number of hydrogen-bond donors (Lipinski definition) is 1. The minimum atomic E-state index is -0.407. The monoisotopic (exact) mass is 360 g/mol. The number of carbonyl (C=O) groups excluding carboxylic acids is 1. The molecule has 3 atom stereocenters. The third-order valence-electron chi connectivity index (χ3n) is 6.04. The zero-order chi connectivity index (χ0) is 18.3. The Morgan fingerprint density at radius 2 is 2.12 bits per heavy atom. The highest BCUT2D eigenvalue weighted by Gasteiger charge is 2.64. The van der Waals surface area contributed by atoms with E-state index < -0.39 is 5.72 Å². The van der Waals surface area contributed by atoms with Crippen LogP contribution in [0.1, 0.15) is 32.3 Å². The van der Waals surface area contributed by atoms with E-state index in [2.05, 4.69) is 35.8 Å². The molecule has 0 saturated carbocycles. The van der Waals surface area contributed by atoms with Crippen LogP contribution in [-0.2, 0) is 16.1 Å². The summed E-state index contributed by atoms with van der Waals surface area (Å²) in [6, 6.07) is 8.32. The molecular weight excluding hydrogens is 332 g/mol. The molecule has 3 saturated heterocycles. The molecule has 0 radical (unpaired) electrons. The molecular formula is C20H28N2O4. The van der Waals surface area contributed by atoms with Gasteiger partial charge in [-0.3, -0.25) is 9.69 Å². The van der Waals surface area contributed by atoms with Crippen LogP contribution >= 0.6 is 0 Å². The molecule has 4 rings (SSSR count). The van der Waals surface area contributed by atoms with Crippen LogP contribution in [0.15, 0.2) is 24.3 Å². The fraction of sp³-hybridized carbons (Fsp3) is 0.650. The van der Waals surface area contributed by atoms with Crippen molar-refractivity contribution in [2.75, 3.05) is 26.4 Å². The number of aliphatic hydroxyl groups excluding tert-OH is 1. The Kier molecular flexibility index (Phi) is 4.67. The third kappa shape index (κ3) is 2.80. The Balaban J connectivity index is 1.47. The lowest BCUT2D eigenvalue weighted by Gasteiger charge is -2.34. The summed E-state index contributed by atoms with van der Waals surface area (Å²) >= 11 is 0. The van der Waals surface area contributed by atoms with E-state index in [-0.39, 0.29) is 24.6 Å². The number of hydrogen-bond acceptors (Lipinski definition) is 5. The van der Waals surface area contributed by atoms with E-state index in [0.717, 1.165) is 25.3 Å². The molecule has 3 aliphatic rings. The van der Waals surface area contributed by atoms with Crippen LogP contribution in [0.3, 0.4) is 0 Å². The maximum absolute atomic E-state index is 12.7. The van der Waals surface area contributed by atoms with Gasteiger partial charge in [-0.25, -0.2) is 0 Å². The maximum atomic E-state index is 12.7. The number of carbonyl (C=O) groups is 1. The fourth-order valence-electron chi connectivity index (χ4n) is 4.73. The molecule has 0 unspecified atom stereocenters. The lowest BCUT2D eigenvalue weighted by atomic mass is 10.0. The lowest BCUT2D eigenvalue weighted by Crippen LogP contribution is -2.50. The average molecular weight is 360 g/mol. The van der Waals surface area contributed by atoms with Gasteiger partial charge in [-0.2, -0.15) is 0 Å². The number of rotatable bonds is 6. The summed E-state index contributed by atoms with van der Waals surface area (Å²) < 4.78 is 11.7. The molecule has 6 nitrogen and oxygen atoms in total. The van der Waals surface area contributed by atoms with E-state index in [4.69, 9.17) is 14.6 Å². The summed E-state index contributed by atoms with van der Waals surface area (Å²) in [7, 11) is 0. The van der Waals surface area contributed by atoms with Crippen LogP contribution in [0.25, 0.3) is 0 Å². The number of likely N-dealkylation sites (tertiary alicyclic amines) is 1. The van der Waals surface area contributed by atoms with Crippen molar-refractivity contribution in [2.24, 2.45) is 5.92 Å². The summed E-state index contributed by atoms with van der Waals surface area (Å²) in [4.78, 5) is 17.2. The molecule has 3 fully saturated rings. The third-order valence-corrected chi connectivity index (χ3v) is 6.04. The predicted octanol–water partition coefficient (Wildman–Crippen LogP) is 1.62. The van der Waals surface area contributed by atoms with Gasteiger partial charge in [0.15, 0.2) is 5.72 Å². The Bertz CT molecular complexity index is 662. The SMILES string of the molecule is CC(C)[C@@H]1CO[C@@]23CCN(Cc4ccc(OCCO)cc4)[C@@H]2CC(=O)N13. The molecule has 6 heteroatoms. The molecule has 1 aromatic rings. The van der Waals surface area contributed by atoms with Gasteiger partial charge in [0.1, 0.15) is 12.4 Å². The van der Waals surface area contributed by atoms with E-state index in [1.807, 2.05) is 12.1 Å². The van der Waals surface area contributed by atoms with Gasteiger partial charge in [0.05, 0.1) is 25.3 Å². The Labute approximate surface area is 154 Å². The van der Waals surface area contributed by atoms with Crippen molar-refractivity contribution in [2.45, 2.75) is 51.0 Å². The van der Waals surface area contributed by atoms with Crippen molar-refractivity contribution in [3.8, 4) is 5.75 Å². The van der Waals surface area contributed by atoms with Crippen LogP contribution in [-0.4, -0.2) is 65.0 Å². The van der Waals surface area contributed by atoms with Gasteiger partial charge in [0.2, 0.25) is 5.91 Å². The number of benzene rings is 1. The molecule has 0 aliphatic carbocycles. The summed E-state index contributed by atoms with van der Waals surface area (Å²) in [6.45, 7) is 7.07. The first-order valence-corrected chi connectivity index (χ1v) is 9.58. The van der Waals surface area contributed by atoms with Gasteiger partial charge in [-0.15, -0.1) is 0 Å². The molecule has 1 amide bonds.